The van der Waals surface area contributed by atoms with Gasteiger partial charge in [-0.1, -0.05) is 29.8 Å². The van der Waals surface area contributed by atoms with E-state index in [0.717, 1.165) is 5.56 Å². The second kappa shape index (κ2) is 9.68. The Balaban J connectivity index is 1.98. The van der Waals surface area contributed by atoms with Gasteiger partial charge >= 0.3 is 5.97 Å². The lowest BCUT2D eigenvalue weighted by Crippen LogP contribution is -2.28. The third-order valence-corrected chi connectivity index (χ3v) is 4.06. The second-order valence-corrected chi connectivity index (χ2v) is 5.76. The number of esters is 1. The molecule has 0 aromatic heterocycles. The van der Waals surface area contributed by atoms with Gasteiger partial charge in [-0.15, -0.1) is 0 Å². The molecule has 1 amide bonds. The molecule has 27 heavy (non-hydrogen) atoms. The van der Waals surface area contributed by atoms with E-state index in [1.807, 2.05) is 6.07 Å². The maximum absolute atomic E-state index is 12.3. The van der Waals surface area contributed by atoms with Gasteiger partial charge in [0.1, 0.15) is 11.3 Å². The van der Waals surface area contributed by atoms with Crippen molar-refractivity contribution in [2.75, 3.05) is 27.9 Å². The Morgan fingerprint density at radius 2 is 1.59 bits per heavy atom. The Bertz CT molecular complexity index is 824. The van der Waals surface area contributed by atoms with Crippen molar-refractivity contribution in [2.45, 2.75) is 6.54 Å². The number of ether oxygens (including phenoxy) is 4. The Morgan fingerprint density at radius 3 is 2.22 bits per heavy atom. The van der Waals surface area contributed by atoms with Crippen molar-refractivity contribution in [2.24, 2.45) is 0 Å². The summed E-state index contributed by atoms with van der Waals surface area (Å²) in [6.45, 7) is -0.212. The number of benzene rings is 2. The monoisotopic (exact) mass is 393 g/mol. The molecule has 0 aliphatic heterocycles. The summed E-state index contributed by atoms with van der Waals surface area (Å²) in [6.07, 6.45) is 0. The summed E-state index contributed by atoms with van der Waals surface area (Å²) in [5.74, 6) is -0.186. The van der Waals surface area contributed by atoms with Crippen LogP contribution in [0.2, 0.25) is 5.02 Å². The van der Waals surface area contributed by atoms with Crippen LogP contribution in [0.25, 0.3) is 0 Å². The molecule has 1 N–H and O–H groups in total. The highest BCUT2D eigenvalue weighted by molar-refractivity contribution is 6.31. The predicted octanol–water partition coefficient (Wildman–Crippen LogP) is 2.84. The number of methoxy groups -OCH3 is 3. The van der Waals surface area contributed by atoms with Crippen LogP contribution < -0.4 is 19.5 Å². The summed E-state index contributed by atoms with van der Waals surface area (Å²) in [7, 11) is 4.33. The number of rotatable bonds is 8. The van der Waals surface area contributed by atoms with Crippen molar-refractivity contribution in [1.29, 1.82) is 0 Å². The normalized spacial score (nSPS) is 10.1. The van der Waals surface area contributed by atoms with E-state index in [-0.39, 0.29) is 17.9 Å². The molecule has 0 bridgehead atoms. The van der Waals surface area contributed by atoms with E-state index in [4.69, 9.17) is 30.5 Å². The maximum Gasteiger partial charge on any atom is 0.342 e. The molecule has 0 unspecified atom stereocenters. The third-order valence-electron chi connectivity index (χ3n) is 3.69. The molecule has 0 atom stereocenters. The topological polar surface area (TPSA) is 83.1 Å². The molecule has 0 saturated carbocycles. The van der Waals surface area contributed by atoms with Crippen LogP contribution in [0.5, 0.6) is 17.2 Å². The largest absolute Gasteiger partial charge is 0.496 e. The molecule has 0 saturated heterocycles. The van der Waals surface area contributed by atoms with Crippen LogP contribution in [-0.2, 0) is 16.1 Å². The van der Waals surface area contributed by atoms with Crippen LogP contribution in [0.3, 0.4) is 0 Å². The van der Waals surface area contributed by atoms with Crippen LogP contribution in [0.15, 0.2) is 36.4 Å². The molecule has 2 rings (SSSR count). The van der Waals surface area contributed by atoms with Crippen molar-refractivity contribution in [3.05, 3.63) is 52.5 Å². The number of carbonyl (C=O) groups is 2. The minimum Gasteiger partial charge on any atom is -0.496 e. The first-order valence-electron chi connectivity index (χ1n) is 7.97. The first-order valence-corrected chi connectivity index (χ1v) is 8.35. The van der Waals surface area contributed by atoms with Crippen molar-refractivity contribution >= 4 is 23.5 Å². The van der Waals surface area contributed by atoms with Crippen molar-refractivity contribution in [1.82, 2.24) is 5.32 Å². The molecule has 0 aliphatic rings. The number of halogens is 1. The highest BCUT2D eigenvalue weighted by Crippen LogP contribution is 2.34. The lowest BCUT2D eigenvalue weighted by Gasteiger charge is -2.13. The predicted molar refractivity (Wildman–Crippen MR) is 99.7 cm³/mol. The highest BCUT2D eigenvalue weighted by atomic mass is 35.5. The zero-order valence-electron chi connectivity index (χ0n) is 15.2. The lowest BCUT2D eigenvalue weighted by atomic mass is 10.1. The molecule has 0 heterocycles. The Labute approximate surface area is 162 Å². The molecular weight excluding hydrogens is 374 g/mol. The third kappa shape index (κ3) is 5.27. The molecule has 0 fully saturated rings. The van der Waals surface area contributed by atoms with Gasteiger partial charge in [-0.3, -0.25) is 4.79 Å². The van der Waals surface area contributed by atoms with Crippen molar-refractivity contribution in [3.8, 4) is 17.2 Å². The first-order chi connectivity index (χ1) is 13.0. The van der Waals surface area contributed by atoms with Gasteiger partial charge in [0.25, 0.3) is 5.91 Å². The summed E-state index contributed by atoms with van der Waals surface area (Å²) in [4.78, 5) is 24.3. The van der Waals surface area contributed by atoms with Gasteiger partial charge in [-0.25, -0.2) is 4.79 Å². The lowest BCUT2D eigenvalue weighted by molar-refractivity contribution is -0.124. The van der Waals surface area contributed by atoms with Crippen LogP contribution in [0, 0.1) is 0 Å². The van der Waals surface area contributed by atoms with E-state index >= 15 is 0 Å². The molecule has 144 valence electrons. The molecule has 2 aromatic carbocycles. The van der Waals surface area contributed by atoms with Gasteiger partial charge < -0.3 is 24.3 Å². The summed E-state index contributed by atoms with van der Waals surface area (Å²) >= 11 is 6.03. The number of amides is 1. The number of hydrogen-bond acceptors (Lipinski definition) is 6. The van der Waals surface area contributed by atoms with E-state index in [1.165, 1.54) is 33.5 Å². The minimum atomic E-state index is -0.722. The zero-order valence-corrected chi connectivity index (χ0v) is 16.0. The molecule has 0 aliphatic carbocycles. The SMILES string of the molecule is COc1cc(OC)c(C(=O)OCC(=O)NCc2ccccc2Cl)cc1OC. The van der Waals surface area contributed by atoms with Crippen molar-refractivity contribution < 1.29 is 28.5 Å². The number of hydrogen-bond donors (Lipinski definition) is 1. The van der Waals surface area contributed by atoms with Gasteiger partial charge in [0.05, 0.1) is 21.3 Å². The number of nitrogens with one attached hydrogen (secondary N) is 1. The Morgan fingerprint density at radius 1 is 0.963 bits per heavy atom. The average molecular weight is 394 g/mol. The van der Waals surface area contributed by atoms with Gasteiger partial charge in [-0.2, -0.15) is 0 Å². The van der Waals surface area contributed by atoms with Gasteiger partial charge in [0, 0.05) is 23.7 Å². The van der Waals surface area contributed by atoms with Gasteiger partial charge in [0.2, 0.25) is 0 Å². The zero-order chi connectivity index (χ0) is 19.8. The summed E-state index contributed by atoms with van der Waals surface area (Å²) < 4.78 is 20.6. The summed E-state index contributed by atoms with van der Waals surface area (Å²) in [6, 6.07) is 10.1. The van der Waals surface area contributed by atoms with E-state index < -0.39 is 18.5 Å². The standard InChI is InChI=1S/C19H20ClNO6/c1-24-15-9-17(26-3)16(25-2)8-13(15)19(23)27-11-18(22)21-10-12-6-4-5-7-14(12)20/h4-9H,10-11H2,1-3H3,(H,21,22). The van der Waals surface area contributed by atoms with Gasteiger partial charge in [0.15, 0.2) is 18.1 Å². The quantitative estimate of drug-likeness (QED) is 0.694. The minimum absolute atomic E-state index is 0.119. The summed E-state index contributed by atoms with van der Waals surface area (Å²) in [5.41, 5.74) is 0.884. The molecule has 7 nitrogen and oxygen atoms in total. The van der Waals surface area contributed by atoms with Crippen LogP contribution in [0.1, 0.15) is 15.9 Å². The summed E-state index contributed by atoms with van der Waals surface area (Å²) in [5, 5.41) is 3.19. The van der Waals surface area contributed by atoms with Crippen molar-refractivity contribution in [3.63, 3.8) is 0 Å². The van der Waals surface area contributed by atoms with Gasteiger partial charge in [-0.05, 0) is 11.6 Å². The molecular formula is C19H20ClNO6. The van der Waals surface area contributed by atoms with E-state index in [2.05, 4.69) is 5.32 Å². The fourth-order valence-corrected chi connectivity index (χ4v) is 2.49. The Kier molecular flexibility index (Phi) is 7.31. The highest BCUT2D eigenvalue weighted by Gasteiger charge is 2.19. The van der Waals surface area contributed by atoms with E-state index in [9.17, 15) is 9.59 Å². The fraction of sp³-hybridized carbons (Fsp3) is 0.263. The smallest absolute Gasteiger partial charge is 0.342 e. The maximum atomic E-state index is 12.3. The number of carbonyl (C=O) groups excluding carboxylic acids is 2. The molecule has 0 spiro atoms. The molecule has 0 radical (unpaired) electrons. The Hall–Kier alpha value is -2.93. The van der Waals surface area contributed by atoms with Crippen LogP contribution in [-0.4, -0.2) is 39.8 Å². The van der Waals surface area contributed by atoms with Crippen LogP contribution >= 0.6 is 11.6 Å². The molecule has 8 heteroatoms. The fourth-order valence-electron chi connectivity index (χ4n) is 2.28. The van der Waals surface area contributed by atoms with Crippen LogP contribution in [0.4, 0.5) is 0 Å². The van der Waals surface area contributed by atoms with E-state index in [0.29, 0.717) is 16.5 Å². The average Bonchev–Trinajstić information content (AvgIpc) is 2.70. The molecule has 2 aromatic rings. The first kappa shape index (κ1) is 20.4. The van der Waals surface area contributed by atoms with E-state index in [1.54, 1.807) is 18.2 Å². The second-order valence-electron chi connectivity index (χ2n) is 5.35.